The van der Waals surface area contributed by atoms with E-state index in [2.05, 4.69) is 14.9 Å². The summed E-state index contributed by atoms with van der Waals surface area (Å²) in [5.74, 6) is 1.29. The quantitative estimate of drug-likeness (QED) is 0.837. The number of carbonyl (C=O) groups is 1. The number of methoxy groups -OCH3 is 1. The molecule has 1 amide bonds. The molecule has 1 aromatic heterocycles. The lowest BCUT2D eigenvalue weighted by Gasteiger charge is -2.24. The first-order valence-corrected chi connectivity index (χ1v) is 8.50. The zero-order valence-corrected chi connectivity index (χ0v) is 15.0. The summed E-state index contributed by atoms with van der Waals surface area (Å²) in [4.78, 5) is 26.1. The highest BCUT2D eigenvalue weighted by atomic mass is 16.5. The summed E-state index contributed by atoms with van der Waals surface area (Å²) in [5.41, 5.74) is 1.55. The van der Waals surface area contributed by atoms with Crippen LogP contribution >= 0.6 is 0 Å². The van der Waals surface area contributed by atoms with Crippen LogP contribution in [0.15, 0.2) is 36.5 Å². The second-order valence-electron chi connectivity index (χ2n) is 6.50. The second kappa shape index (κ2) is 7.61. The largest absolute Gasteiger partial charge is 0.496 e. The molecule has 0 saturated carbocycles. The van der Waals surface area contributed by atoms with Crippen molar-refractivity contribution >= 4 is 5.91 Å². The second-order valence-corrected chi connectivity index (χ2v) is 6.50. The highest BCUT2D eigenvalue weighted by Gasteiger charge is 2.33. The third-order valence-electron chi connectivity index (χ3n) is 4.36. The maximum atomic E-state index is 13.1. The first kappa shape index (κ1) is 17.4. The van der Waals surface area contributed by atoms with Crippen LogP contribution in [-0.4, -0.2) is 53.4 Å². The Bertz CT molecular complexity index is 748. The number of amides is 1. The molecule has 1 aliphatic rings. The molecule has 1 fully saturated rings. The van der Waals surface area contributed by atoms with Gasteiger partial charge in [-0.2, -0.15) is 0 Å². The molecule has 2 aromatic rings. The van der Waals surface area contributed by atoms with Crippen molar-refractivity contribution in [2.24, 2.45) is 0 Å². The minimum Gasteiger partial charge on any atom is -0.496 e. The molecule has 3 rings (SSSR count). The van der Waals surface area contributed by atoms with Gasteiger partial charge in [-0.15, -0.1) is 0 Å². The third kappa shape index (κ3) is 3.79. The molecule has 0 aliphatic carbocycles. The van der Waals surface area contributed by atoms with E-state index < -0.39 is 0 Å². The fraction of sp³-hybridized carbons (Fsp3) is 0.421. The van der Waals surface area contributed by atoms with E-state index in [9.17, 15) is 4.79 Å². The molecule has 1 aliphatic heterocycles. The number of aromatic nitrogens is 2. The first-order chi connectivity index (χ1) is 12.1. The molecule has 0 bridgehead atoms. The molecule has 2 heterocycles. The van der Waals surface area contributed by atoms with E-state index in [-0.39, 0.29) is 11.9 Å². The number of hydrogen-bond donors (Lipinski definition) is 0. The third-order valence-corrected chi connectivity index (χ3v) is 4.36. The summed E-state index contributed by atoms with van der Waals surface area (Å²) in [7, 11) is 5.60. The summed E-state index contributed by atoms with van der Waals surface area (Å²) < 4.78 is 5.35. The molecule has 1 aromatic carbocycles. The van der Waals surface area contributed by atoms with E-state index in [1.807, 2.05) is 43.3 Å². The molecule has 6 nitrogen and oxygen atoms in total. The minimum absolute atomic E-state index is 0.0263. The molecule has 25 heavy (non-hydrogen) atoms. The number of likely N-dealkylation sites (tertiary alicyclic amines) is 1. The molecule has 132 valence electrons. The molecule has 1 saturated heterocycles. The van der Waals surface area contributed by atoms with Gasteiger partial charge in [0.2, 0.25) is 0 Å². The highest BCUT2D eigenvalue weighted by molar-refractivity contribution is 5.97. The van der Waals surface area contributed by atoms with Gasteiger partial charge in [-0.3, -0.25) is 4.79 Å². The monoisotopic (exact) mass is 340 g/mol. The van der Waals surface area contributed by atoms with E-state index in [1.165, 1.54) is 0 Å². The molecule has 0 spiro atoms. The molecular weight excluding hydrogens is 316 g/mol. The van der Waals surface area contributed by atoms with E-state index in [1.54, 1.807) is 19.4 Å². The Morgan fingerprint density at radius 3 is 2.88 bits per heavy atom. The van der Waals surface area contributed by atoms with Gasteiger partial charge in [0.25, 0.3) is 5.91 Å². The van der Waals surface area contributed by atoms with Gasteiger partial charge in [-0.25, -0.2) is 9.97 Å². The minimum atomic E-state index is -0.0838. The van der Waals surface area contributed by atoms with Crippen LogP contribution < -0.4 is 4.74 Å². The van der Waals surface area contributed by atoms with Crippen molar-refractivity contribution in [3.63, 3.8) is 0 Å². The lowest BCUT2D eigenvalue weighted by molar-refractivity contribution is 0.0726. The molecule has 0 unspecified atom stereocenters. The number of rotatable bonds is 5. The summed E-state index contributed by atoms with van der Waals surface area (Å²) in [6, 6.07) is 9.18. The summed E-state index contributed by atoms with van der Waals surface area (Å²) >= 11 is 0. The fourth-order valence-corrected chi connectivity index (χ4v) is 3.24. The standard InChI is InChI=1S/C19H24N4O2/c1-22(2)13-14-10-11-20-18(21-14)16-8-6-12-23(16)19(24)15-7-4-5-9-17(15)25-3/h4-5,7,9-11,16H,6,8,12-13H2,1-3H3/t16-/m0/s1. The van der Waals surface area contributed by atoms with Crippen LogP contribution in [0.4, 0.5) is 0 Å². The van der Waals surface area contributed by atoms with Crippen molar-refractivity contribution in [2.45, 2.75) is 25.4 Å². The number of ether oxygens (including phenoxy) is 1. The SMILES string of the molecule is COc1ccccc1C(=O)N1CCC[C@H]1c1nccc(CN(C)C)n1. The van der Waals surface area contributed by atoms with E-state index in [0.717, 1.165) is 30.9 Å². The van der Waals surface area contributed by atoms with Gasteiger partial charge in [0, 0.05) is 19.3 Å². The molecule has 0 radical (unpaired) electrons. The topological polar surface area (TPSA) is 58.6 Å². The number of hydrogen-bond acceptors (Lipinski definition) is 5. The number of para-hydroxylation sites is 1. The Hall–Kier alpha value is -2.47. The predicted molar refractivity (Wildman–Crippen MR) is 95.4 cm³/mol. The van der Waals surface area contributed by atoms with E-state index in [0.29, 0.717) is 17.9 Å². The number of carbonyl (C=O) groups excluding carboxylic acids is 1. The van der Waals surface area contributed by atoms with Crippen molar-refractivity contribution in [2.75, 3.05) is 27.7 Å². The van der Waals surface area contributed by atoms with E-state index in [4.69, 9.17) is 4.74 Å². The van der Waals surface area contributed by atoms with Gasteiger partial charge in [0.15, 0.2) is 5.82 Å². The Morgan fingerprint density at radius 2 is 2.12 bits per heavy atom. The maximum absolute atomic E-state index is 13.1. The zero-order chi connectivity index (χ0) is 17.8. The van der Waals surface area contributed by atoms with Crippen molar-refractivity contribution in [3.05, 3.63) is 53.6 Å². The van der Waals surface area contributed by atoms with E-state index >= 15 is 0 Å². The average molecular weight is 340 g/mol. The van der Waals surface area contributed by atoms with Gasteiger partial charge in [0.1, 0.15) is 5.75 Å². The number of nitrogens with zero attached hydrogens (tertiary/aromatic N) is 4. The van der Waals surface area contributed by atoms with Gasteiger partial charge >= 0.3 is 0 Å². The fourth-order valence-electron chi connectivity index (χ4n) is 3.24. The smallest absolute Gasteiger partial charge is 0.258 e. The Morgan fingerprint density at radius 1 is 1.32 bits per heavy atom. The lowest BCUT2D eigenvalue weighted by Crippen LogP contribution is -2.32. The highest BCUT2D eigenvalue weighted by Crippen LogP contribution is 2.32. The van der Waals surface area contributed by atoms with Crippen LogP contribution in [0.5, 0.6) is 5.75 Å². The molecule has 1 atom stereocenters. The maximum Gasteiger partial charge on any atom is 0.258 e. The lowest BCUT2D eigenvalue weighted by atomic mass is 10.1. The molecule has 6 heteroatoms. The van der Waals surface area contributed by atoms with Crippen molar-refractivity contribution < 1.29 is 9.53 Å². The van der Waals surface area contributed by atoms with Gasteiger partial charge < -0.3 is 14.5 Å². The molecule has 0 N–H and O–H groups in total. The van der Waals surface area contributed by atoms with Crippen LogP contribution in [-0.2, 0) is 6.54 Å². The summed E-state index contributed by atoms with van der Waals surface area (Å²) in [5, 5.41) is 0. The average Bonchev–Trinajstić information content (AvgIpc) is 3.10. The predicted octanol–water partition coefficient (Wildman–Crippen LogP) is 2.52. The summed E-state index contributed by atoms with van der Waals surface area (Å²) in [6.07, 6.45) is 3.62. The normalized spacial score (nSPS) is 17.1. The number of benzene rings is 1. The Balaban J connectivity index is 1.86. The van der Waals surface area contributed by atoms with Crippen LogP contribution in [0, 0.1) is 0 Å². The Kier molecular flexibility index (Phi) is 5.28. The zero-order valence-electron chi connectivity index (χ0n) is 15.0. The molecular formula is C19H24N4O2. The Labute approximate surface area is 148 Å². The first-order valence-electron chi connectivity index (χ1n) is 8.50. The van der Waals surface area contributed by atoms with Crippen molar-refractivity contribution in [1.29, 1.82) is 0 Å². The van der Waals surface area contributed by atoms with Crippen LogP contribution in [0.2, 0.25) is 0 Å². The van der Waals surface area contributed by atoms with Crippen molar-refractivity contribution in [1.82, 2.24) is 19.8 Å². The summed E-state index contributed by atoms with van der Waals surface area (Å²) in [6.45, 7) is 1.46. The van der Waals surface area contributed by atoms with Crippen LogP contribution in [0.3, 0.4) is 0 Å². The van der Waals surface area contributed by atoms with Crippen LogP contribution in [0.25, 0.3) is 0 Å². The van der Waals surface area contributed by atoms with Crippen molar-refractivity contribution in [3.8, 4) is 5.75 Å². The van der Waals surface area contributed by atoms with Gasteiger partial charge in [-0.05, 0) is 45.1 Å². The van der Waals surface area contributed by atoms with Crippen LogP contribution in [0.1, 0.15) is 40.8 Å². The van der Waals surface area contributed by atoms with Gasteiger partial charge in [0.05, 0.1) is 24.4 Å². The van der Waals surface area contributed by atoms with Gasteiger partial charge in [-0.1, -0.05) is 12.1 Å².